The van der Waals surface area contributed by atoms with Crippen LogP contribution < -0.4 is 10.2 Å². The topological polar surface area (TPSA) is 84.4 Å². The van der Waals surface area contributed by atoms with E-state index in [0.29, 0.717) is 34.9 Å². The molecule has 1 atom stereocenters. The van der Waals surface area contributed by atoms with Crippen LogP contribution in [0.3, 0.4) is 0 Å². The summed E-state index contributed by atoms with van der Waals surface area (Å²) in [5, 5.41) is 12.3. The Bertz CT molecular complexity index is 765. The highest BCUT2D eigenvalue weighted by Gasteiger charge is 2.35. The average Bonchev–Trinajstić information content (AvgIpc) is 3.20. The van der Waals surface area contributed by atoms with Crippen LogP contribution in [0.2, 0.25) is 5.02 Å². The number of nitrogens with zero attached hydrogens (tertiary/aromatic N) is 3. The summed E-state index contributed by atoms with van der Waals surface area (Å²) in [6.07, 6.45) is 0.166. The second kappa shape index (κ2) is 7.90. The van der Waals surface area contributed by atoms with E-state index in [9.17, 15) is 9.59 Å². The molecule has 0 unspecified atom stereocenters. The number of carbonyl (C=O) groups is 2. The summed E-state index contributed by atoms with van der Waals surface area (Å²) in [6.45, 7) is 3.19. The van der Waals surface area contributed by atoms with Crippen molar-refractivity contribution in [1.29, 1.82) is 0 Å². The van der Waals surface area contributed by atoms with E-state index in [-0.39, 0.29) is 18.2 Å². The molecular weight excluding hydrogens is 364 g/mol. The van der Waals surface area contributed by atoms with Crippen molar-refractivity contribution in [2.24, 2.45) is 5.92 Å². The first-order valence-electron chi connectivity index (χ1n) is 7.83. The van der Waals surface area contributed by atoms with E-state index in [4.69, 9.17) is 16.3 Å². The van der Waals surface area contributed by atoms with E-state index < -0.39 is 5.92 Å². The fourth-order valence-corrected chi connectivity index (χ4v) is 3.32. The Kier molecular flexibility index (Phi) is 5.62. The van der Waals surface area contributed by atoms with Crippen LogP contribution in [0.1, 0.15) is 18.4 Å². The summed E-state index contributed by atoms with van der Waals surface area (Å²) < 4.78 is 5.26. The van der Waals surface area contributed by atoms with Crippen molar-refractivity contribution in [2.45, 2.75) is 20.0 Å². The van der Waals surface area contributed by atoms with Gasteiger partial charge in [0.15, 0.2) is 0 Å². The van der Waals surface area contributed by atoms with Crippen LogP contribution in [-0.2, 0) is 20.9 Å². The van der Waals surface area contributed by atoms with Crippen molar-refractivity contribution in [3.63, 3.8) is 0 Å². The van der Waals surface area contributed by atoms with Crippen molar-refractivity contribution in [2.75, 3.05) is 23.4 Å². The van der Waals surface area contributed by atoms with E-state index in [1.54, 1.807) is 29.2 Å². The maximum Gasteiger partial charge on any atom is 0.231 e. The molecule has 1 aliphatic heterocycles. The van der Waals surface area contributed by atoms with Gasteiger partial charge in [0.05, 0.1) is 5.92 Å². The van der Waals surface area contributed by atoms with Crippen LogP contribution >= 0.6 is 22.9 Å². The third-order valence-corrected chi connectivity index (χ3v) is 4.82. The Hall–Kier alpha value is -2.03. The number of nitrogens with one attached hydrogen (secondary N) is 1. The number of hydrogen-bond donors (Lipinski definition) is 1. The predicted octanol–water partition coefficient (Wildman–Crippen LogP) is 2.72. The minimum atomic E-state index is -0.428. The van der Waals surface area contributed by atoms with Gasteiger partial charge in [-0.15, -0.1) is 10.2 Å². The number of halogens is 1. The van der Waals surface area contributed by atoms with Crippen LogP contribution in [0.4, 0.5) is 10.8 Å². The van der Waals surface area contributed by atoms with Gasteiger partial charge in [-0.1, -0.05) is 22.9 Å². The molecule has 0 saturated carbocycles. The molecule has 0 bridgehead atoms. The largest absolute Gasteiger partial charge is 0.374 e. The van der Waals surface area contributed by atoms with Crippen LogP contribution in [0.5, 0.6) is 0 Å². The molecular formula is C16H17ClN4O3S. The predicted molar refractivity (Wildman–Crippen MR) is 95.8 cm³/mol. The van der Waals surface area contributed by atoms with Gasteiger partial charge in [0.1, 0.15) is 11.6 Å². The molecule has 9 heteroatoms. The first-order chi connectivity index (χ1) is 12.1. The number of aromatic nitrogens is 2. The maximum atomic E-state index is 12.4. The molecule has 2 aromatic rings. The summed E-state index contributed by atoms with van der Waals surface area (Å²) in [5.41, 5.74) is 0.736. The normalized spacial score (nSPS) is 17.1. The number of ether oxygens (including phenoxy) is 1. The summed E-state index contributed by atoms with van der Waals surface area (Å²) in [7, 11) is 0. The molecule has 1 fully saturated rings. The molecule has 3 rings (SSSR count). The summed E-state index contributed by atoms with van der Waals surface area (Å²) in [4.78, 5) is 26.2. The molecule has 2 amide bonds. The summed E-state index contributed by atoms with van der Waals surface area (Å²) in [5.74, 6) is -0.747. The summed E-state index contributed by atoms with van der Waals surface area (Å²) >= 11 is 7.14. The van der Waals surface area contributed by atoms with E-state index in [1.165, 1.54) is 11.3 Å². The standard InChI is InChI=1S/C16H17ClN4O3S/c1-2-24-9-13-19-20-16(25-13)18-15(23)10-7-14(22)21(8-10)12-5-3-11(17)4-6-12/h3-6,10H,2,7-9H2,1H3,(H,18,20,23)/t10-/m0/s1. The first kappa shape index (κ1) is 17.8. The van der Waals surface area contributed by atoms with Crippen molar-refractivity contribution >= 4 is 45.6 Å². The lowest BCUT2D eigenvalue weighted by molar-refractivity contribution is -0.122. The lowest BCUT2D eigenvalue weighted by atomic mass is 10.1. The molecule has 25 heavy (non-hydrogen) atoms. The maximum absolute atomic E-state index is 12.4. The zero-order valence-electron chi connectivity index (χ0n) is 13.6. The monoisotopic (exact) mass is 380 g/mol. The molecule has 1 N–H and O–H groups in total. The number of benzene rings is 1. The number of hydrogen-bond acceptors (Lipinski definition) is 6. The van der Waals surface area contributed by atoms with Gasteiger partial charge in [0.2, 0.25) is 16.9 Å². The van der Waals surface area contributed by atoms with Gasteiger partial charge < -0.3 is 15.0 Å². The van der Waals surface area contributed by atoms with E-state index >= 15 is 0 Å². The number of rotatable bonds is 6. The Balaban J connectivity index is 1.60. The van der Waals surface area contributed by atoms with Crippen LogP contribution in [0, 0.1) is 5.92 Å². The number of amides is 2. The van der Waals surface area contributed by atoms with Gasteiger partial charge in [0.25, 0.3) is 0 Å². The smallest absolute Gasteiger partial charge is 0.231 e. The van der Waals surface area contributed by atoms with Crippen molar-refractivity contribution in [3.05, 3.63) is 34.3 Å². The molecule has 0 radical (unpaired) electrons. The van der Waals surface area contributed by atoms with Crippen LogP contribution in [-0.4, -0.2) is 35.2 Å². The zero-order valence-corrected chi connectivity index (χ0v) is 15.1. The average molecular weight is 381 g/mol. The van der Waals surface area contributed by atoms with Gasteiger partial charge in [0, 0.05) is 30.3 Å². The number of anilines is 2. The third kappa shape index (κ3) is 4.33. The number of carbonyl (C=O) groups excluding carboxylic acids is 2. The quantitative estimate of drug-likeness (QED) is 0.832. The zero-order chi connectivity index (χ0) is 17.8. The van der Waals surface area contributed by atoms with Gasteiger partial charge >= 0.3 is 0 Å². The Morgan fingerprint density at radius 3 is 2.88 bits per heavy atom. The highest BCUT2D eigenvalue weighted by molar-refractivity contribution is 7.15. The lowest BCUT2D eigenvalue weighted by Gasteiger charge is -2.16. The second-order valence-corrected chi connectivity index (χ2v) is 7.01. The van der Waals surface area contributed by atoms with Gasteiger partial charge in [-0.2, -0.15) is 0 Å². The molecule has 0 spiro atoms. The highest BCUT2D eigenvalue weighted by atomic mass is 35.5. The Morgan fingerprint density at radius 1 is 1.40 bits per heavy atom. The minimum absolute atomic E-state index is 0.0863. The van der Waals surface area contributed by atoms with Crippen molar-refractivity contribution < 1.29 is 14.3 Å². The second-order valence-electron chi connectivity index (χ2n) is 5.51. The fraction of sp³-hybridized carbons (Fsp3) is 0.375. The van der Waals surface area contributed by atoms with Gasteiger partial charge in [-0.25, -0.2) is 0 Å². The first-order valence-corrected chi connectivity index (χ1v) is 9.03. The van der Waals surface area contributed by atoms with Crippen molar-refractivity contribution in [3.8, 4) is 0 Å². The Labute approximate surface area is 153 Å². The molecule has 2 heterocycles. The SMILES string of the molecule is CCOCc1nnc(NC(=O)[C@H]2CC(=O)N(c3ccc(Cl)cc3)C2)s1. The van der Waals surface area contributed by atoms with Crippen molar-refractivity contribution in [1.82, 2.24) is 10.2 Å². The third-order valence-electron chi connectivity index (χ3n) is 3.76. The van der Waals surface area contributed by atoms with E-state index in [1.807, 2.05) is 6.92 Å². The Morgan fingerprint density at radius 2 is 2.16 bits per heavy atom. The van der Waals surface area contributed by atoms with Crippen LogP contribution in [0.15, 0.2) is 24.3 Å². The van der Waals surface area contributed by atoms with Gasteiger partial charge in [-0.3, -0.25) is 9.59 Å². The summed E-state index contributed by atoms with van der Waals surface area (Å²) in [6, 6.07) is 6.98. The van der Waals surface area contributed by atoms with Crippen LogP contribution in [0.25, 0.3) is 0 Å². The highest BCUT2D eigenvalue weighted by Crippen LogP contribution is 2.27. The van der Waals surface area contributed by atoms with Gasteiger partial charge in [-0.05, 0) is 31.2 Å². The molecule has 1 aliphatic rings. The minimum Gasteiger partial charge on any atom is -0.374 e. The lowest BCUT2D eigenvalue weighted by Crippen LogP contribution is -2.28. The molecule has 1 aromatic carbocycles. The molecule has 1 aromatic heterocycles. The van der Waals surface area contributed by atoms with E-state index in [2.05, 4.69) is 15.5 Å². The molecule has 132 valence electrons. The molecule has 1 saturated heterocycles. The fourth-order valence-electron chi connectivity index (χ4n) is 2.51. The molecule has 7 nitrogen and oxygen atoms in total. The van der Waals surface area contributed by atoms with E-state index in [0.717, 1.165) is 5.69 Å². The molecule has 0 aliphatic carbocycles.